The van der Waals surface area contributed by atoms with Gasteiger partial charge in [-0.1, -0.05) is 48.0 Å². The van der Waals surface area contributed by atoms with E-state index in [1.54, 1.807) is 11.8 Å². The van der Waals surface area contributed by atoms with Crippen LogP contribution in [0.25, 0.3) is 0 Å². The lowest BCUT2D eigenvalue weighted by atomic mass is 10.2. The summed E-state index contributed by atoms with van der Waals surface area (Å²) in [4.78, 5) is 20.8. The molecule has 0 saturated carbocycles. The number of hydrogen-bond donors (Lipinski definition) is 0. The first-order valence-corrected chi connectivity index (χ1v) is 9.45. The van der Waals surface area contributed by atoms with E-state index in [1.807, 2.05) is 42.6 Å². The summed E-state index contributed by atoms with van der Waals surface area (Å²) < 4.78 is 0. The minimum absolute atomic E-state index is 0.0348. The van der Waals surface area contributed by atoms with Gasteiger partial charge in [-0.25, -0.2) is 4.98 Å². The predicted octanol–water partition coefficient (Wildman–Crippen LogP) is 4.77. The van der Waals surface area contributed by atoms with Gasteiger partial charge in [0.25, 0.3) is 0 Å². The van der Waals surface area contributed by atoms with Gasteiger partial charge in [0.05, 0.1) is 11.4 Å². The Morgan fingerprint density at radius 2 is 1.73 bits per heavy atom. The molecule has 134 valence electrons. The van der Waals surface area contributed by atoms with E-state index in [1.165, 1.54) is 22.5 Å². The van der Waals surface area contributed by atoms with E-state index in [4.69, 9.17) is 4.98 Å². The van der Waals surface area contributed by atoms with Gasteiger partial charge in [-0.3, -0.25) is 14.6 Å². The number of carbonyl (C=O) groups is 1. The summed E-state index contributed by atoms with van der Waals surface area (Å²) in [5, 5.41) is 2.74. The van der Waals surface area contributed by atoms with E-state index in [0.717, 1.165) is 24.5 Å². The van der Waals surface area contributed by atoms with E-state index in [0.29, 0.717) is 5.13 Å². The molecule has 3 rings (SSSR count). The predicted molar refractivity (Wildman–Crippen MR) is 108 cm³/mol. The maximum absolute atomic E-state index is 12.2. The topological polar surface area (TPSA) is 36.4 Å². The van der Waals surface area contributed by atoms with E-state index >= 15 is 0 Å². The highest BCUT2D eigenvalue weighted by molar-refractivity contribution is 7.14. The Kier molecular flexibility index (Phi) is 5.81. The summed E-state index contributed by atoms with van der Waals surface area (Å²) in [6.45, 7) is 5.21. The first-order chi connectivity index (χ1) is 12.5. The number of rotatable bonds is 6. The number of carbonyl (C=O) groups excluding carboxylic acids is 1. The van der Waals surface area contributed by atoms with Crippen LogP contribution >= 0.6 is 11.3 Å². The second-order valence-electron chi connectivity index (χ2n) is 6.47. The fraction of sp³-hybridized carbons (Fsp3) is 0.238. The zero-order chi connectivity index (χ0) is 18.5. The maximum atomic E-state index is 12.2. The van der Waals surface area contributed by atoms with Crippen molar-refractivity contribution < 1.29 is 4.79 Å². The van der Waals surface area contributed by atoms with E-state index in [9.17, 15) is 4.79 Å². The highest BCUT2D eigenvalue weighted by Gasteiger charge is 2.18. The summed E-state index contributed by atoms with van der Waals surface area (Å²) in [5.41, 5.74) is 4.26. The Morgan fingerprint density at radius 3 is 2.38 bits per heavy atom. The Bertz CT molecular complexity index is 858. The molecule has 0 N–H and O–H groups in total. The SMILES string of the molecule is CC(=O)N(c1ccc(C)cc1)c1nc(CN(C)Cc2ccccc2)cs1. The molecule has 1 heterocycles. The molecule has 4 nitrogen and oxygen atoms in total. The number of aromatic nitrogens is 1. The number of nitrogens with zero attached hydrogens (tertiary/aromatic N) is 3. The van der Waals surface area contributed by atoms with Gasteiger partial charge in [0.1, 0.15) is 0 Å². The quantitative estimate of drug-likeness (QED) is 0.631. The molecule has 0 saturated heterocycles. The Hall–Kier alpha value is -2.50. The molecule has 0 aliphatic heterocycles. The number of thiazole rings is 1. The van der Waals surface area contributed by atoms with Crippen LogP contribution in [0.3, 0.4) is 0 Å². The molecule has 0 aliphatic rings. The van der Waals surface area contributed by atoms with Gasteiger partial charge in [0.15, 0.2) is 5.13 Å². The average Bonchev–Trinajstić information content (AvgIpc) is 3.05. The third-order valence-corrected chi connectivity index (χ3v) is 4.94. The zero-order valence-corrected chi connectivity index (χ0v) is 16.2. The van der Waals surface area contributed by atoms with Crippen LogP contribution in [0.2, 0.25) is 0 Å². The van der Waals surface area contributed by atoms with Crippen LogP contribution < -0.4 is 4.90 Å². The number of benzene rings is 2. The highest BCUT2D eigenvalue weighted by Crippen LogP contribution is 2.29. The van der Waals surface area contributed by atoms with Crippen molar-refractivity contribution in [2.24, 2.45) is 0 Å². The van der Waals surface area contributed by atoms with Crippen LogP contribution in [0.5, 0.6) is 0 Å². The van der Waals surface area contributed by atoms with E-state index < -0.39 is 0 Å². The summed E-state index contributed by atoms with van der Waals surface area (Å²) in [5.74, 6) is -0.0348. The van der Waals surface area contributed by atoms with Gasteiger partial charge < -0.3 is 0 Å². The van der Waals surface area contributed by atoms with Crippen molar-refractivity contribution in [2.75, 3.05) is 11.9 Å². The molecule has 0 fully saturated rings. The first kappa shape index (κ1) is 18.3. The molecule has 5 heteroatoms. The Labute approximate surface area is 158 Å². The van der Waals surface area contributed by atoms with Crippen molar-refractivity contribution in [3.63, 3.8) is 0 Å². The molecular weight excluding hydrogens is 342 g/mol. The van der Waals surface area contributed by atoms with E-state index in [-0.39, 0.29) is 5.91 Å². The van der Waals surface area contributed by atoms with Gasteiger partial charge in [-0.05, 0) is 31.7 Å². The fourth-order valence-electron chi connectivity index (χ4n) is 2.82. The monoisotopic (exact) mass is 365 g/mol. The second kappa shape index (κ2) is 8.25. The lowest BCUT2D eigenvalue weighted by molar-refractivity contribution is -0.115. The molecule has 0 bridgehead atoms. The largest absolute Gasteiger partial charge is 0.296 e. The minimum atomic E-state index is -0.0348. The molecular formula is C21H23N3OS. The van der Waals surface area contributed by atoms with Gasteiger partial charge in [-0.15, -0.1) is 11.3 Å². The molecule has 3 aromatic rings. The van der Waals surface area contributed by atoms with Gasteiger partial charge in [0, 0.05) is 25.4 Å². The summed E-state index contributed by atoms with van der Waals surface area (Å²) >= 11 is 1.50. The molecule has 1 aromatic heterocycles. The van der Waals surface area contributed by atoms with Crippen molar-refractivity contribution in [1.29, 1.82) is 0 Å². The fourth-order valence-corrected chi connectivity index (χ4v) is 3.70. The lowest BCUT2D eigenvalue weighted by Crippen LogP contribution is -2.23. The van der Waals surface area contributed by atoms with Crippen molar-refractivity contribution >= 4 is 28.1 Å². The summed E-state index contributed by atoms with van der Waals surface area (Å²) in [6, 6.07) is 18.3. The van der Waals surface area contributed by atoms with Gasteiger partial charge >= 0.3 is 0 Å². The highest BCUT2D eigenvalue weighted by atomic mass is 32.1. The number of anilines is 2. The maximum Gasteiger partial charge on any atom is 0.230 e. The molecule has 0 unspecified atom stereocenters. The number of amides is 1. The molecule has 0 atom stereocenters. The smallest absolute Gasteiger partial charge is 0.230 e. The number of aryl methyl sites for hydroxylation is 1. The van der Waals surface area contributed by atoms with Crippen LogP contribution in [0.1, 0.15) is 23.7 Å². The molecule has 1 amide bonds. The average molecular weight is 366 g/mol. The van der Waals surface area contributed by atoms with Crippen LogP contribution in [-0.2, 0) is 17.9 Å². The van der Waals surface area contributed by atoms with Gasteiger partial charge in [0.2, 0.25) is 5.91 Å². The summed E-state index contributed by atoms with van der Waals surface area (Å²) in [6.07, 6.45) is 0. The molecule has 0 aliphatic carbocycles. The summed E-state index contributed by atoms with van der Waals surface area (Å²) in [7, 11) is 2.08. The lowest BCUT2D eigenvalue weighted by Gasteiger charge is -2.18. The Morgan fingerprint density at radius 1 is 1.04 bits per heavy atom. The third-order valence-electron chi connectivity index (χ3n) is 4.07. The number of hydrogen-bond acceptors (Lipinski definition) is 4. The normalized spacial score (nSPS) is 10.9. The zero-order valence-electron chi connectivity index (χ0n) is 15.3. The molecule has 0 spiro atoms. The van der Waals surface area contributed by atoms with Crippen molar-refractivity contribution in [1.82, 2.24) is 9.88 Å². The van der Waals surface area contributed by atoms with Crippen molar-refractivity contribution in [3.8, 4) is 0 Å². The van der Waals surface area contributed by atoms with Gasteiger partial charge in [-0.2, -0.15) is 0 Å². The van der Waals surface area contributed by atoms with Crippen LogP contribution in [0.4, 0.5) is 10.8 Å². The van der Waals surface area contributed by atoms with Crippen molar-refractivity contribution in [2.45, 2.75) is 26.9 Å². The van der Waals surface area contributed by atoms with Crippen LogP contribution in [-0.4, -0.2) is 22.8 Å². The van der Waals surface area contributed by atoms with Crippen molar-refractivity contribution in [3.05, 3.63) is 76.8 Å². The first-order valence-electron chi connectivity index (χ1n) is 8.57. The molecule has 2 aromatic carbocycles. The van der Waals surface area contributed by atoms with Crippen LogP contribution in [0.15, 0.2) is 60.0 Å². The standard InChI is InChI=1S/C21H23N3OS/c1-16-9-11-20(12-10-16)24(17(2)25)21-22-19(15-26-21)14-23(3)13-18-7-5-4-6-8-18/h4-12,15H,13-14H2,1-3H3. The second-order valence-corrected chi connectivity index (χ2v) is 7.31. The third kappa shape index (κ3) is 4.56. The minimum Gasteiger partial charge on any atom is -0.296 e. The Balaban J connectivity index is 1.73. The van der Waals surface area contributed by atoms with E-state index in [2.05, 4.69) is 36.2 Å². The van der Waals surface area contributed by atoms with Crippen LogP contribution in [0, 0.1) is 6.92 Å². The molecule has 0 radical (unpaired) electrons. The molecule has 26 heavy (non-hydrogen) atoms.